The third-order valence-corrected chi connectivity index (χ3v) is 12.0. The molecule has 0 N–H and O–H groups in total. The molecule has 1 nitrogen and oxygen atoms in total. The Morgan fingerprint density at radius 2 is 0.907 bits per heavy atom. The minimum Gasteiger partial charge on any atom is -0.310 e. The quantitative estimate of drug-likeness (QED) is 0.156. The van der Waals surface area contributed by atoms with Crippen molar-refractivity contribution in [1.29, 1.82) is 0 Å². The van der Waals surface area contributed by atoms with E-state index < -0.39 is 0 Å². The number of hydrogen-bond acceptors (Lipinski definition) is 1. The van der Waals surface area contributed by atoms with Gasteiger partial charge in [-0.2, -0.15) is 0 Å². The Morgan fingerprint density at radius 1 is 0.407 bits per heavy atom. The van der Waals surface area contributed by atoms with E-state index in [0.717, 1.165) is 11.4 Å². The van der Waals surface area contributed by atoms with Crippen molar-refractivity contribution >= 4 is 38.6 Å². The van der Waals surface area contributed by atoms with Crippen LogP contribution in [-0.2, 0) is 10.8 Å². The Balaban J connectivity index is 1.14. The fraction of sp³-hybridized carbons (Fsp3) is 0.170. The second kappa shape index (κ2) is 13.2. The third kappa shape index (κ3) is 5.99. The first-order valence-electron chi connectivity index (χ1n) is 19.4. The van der Waals surface area contributed by atoms with Gasteiger partial charge in [0.05, 0.1) is 0 Å². The van der Waals surface area contributed by atoms with Crippen LogP contribution in [-0.4, -0.2) is 0 Å². The van der Waals surface area contributed by atoms with E-state index in [0.29, 0.717) is 0 Å². The van der Waals surface area contributed by atoms with Gasteiger partial charge in [0.15, 0.2) is 0 Å². The lowest BCUT2D eigenvalue weighted by molar-refractivity contribution is 0.332. The zero-order valence-electron chi connectivity index (χ0n) is 32.0. The molecule has 0 unspecified atom stereocenters. The molecular formula is C53H47N. The van der Waals surface area contributed by atoms with Gasteiger partial charge in [0.25, 0.3) is 0 Å². The minimum atomic E-state index is 0.112. The van der Waals surface area contributed by atoms with Crippen molar-refractivity contribution in [1.82, 2.24) is 0 Å². The maximum absolute atomic E-state index is 2.50. The van der Waals surface area contributed by atoms with Crippen LogP contribution in [0.15, 0.2) is 170 Å². The summed E-state index contributed by atoms with van der Waals surface area (Å²) in [6.07, 6.45) is 2.39. The molecule has 0 spiro atoms. The molecule has 8 aromatic rings. The smallest absolute Gasteiger partial charge is 0.0493 e. The molecule has 1 aliphatic rings. The lowest BCUT2D eigenvalue weighted by Gasteiger charge is -2.43. The fourth-order valence-corrected chi connectivity index (χ4v) is 8.77. The summed E-state index contributed by atoms with van der Waals surface area (Å²) in [5.41, 5.74) is 15.4. The topological polar surface area (TPSA) is 3.24 Å². The normalized spacial score (nSPS) is 14.5. The van der Waals surface area contributed by atoms with E-state index in [9.17, 15) is 0 Å². The van der Waals surface area contributed by atoms with Crippen molar-refractivity contribution in [2.75, 3.05) is 4.90 Å². The van der Waals surface area contributed by atoms with Crippen LogP contribution in [0.1, 0.15) is 57.2 Å². The first-order chi connectivity index (χ1) is 26.2. The first-order valence-corrected chi connectivity index (χ1v) is 19.4. The molecule has 54 heavy (non-hydrogen) atoms. The fourth-order valence-electron chi connectivity index (χ4n) is 8.77. The highest BCUT2D eigenvalue weighted by Crippen LogP contribution is 2.49. The number of nitrogens with zero attached hydrogens (tertiary/aromatic N) is 1. The Kier molecular flexibility index (Phi) is 8.27. The standard InChI is InChI=1S/C53H47N/c1-36-32-49-50(53(4,5)31-30-52(49,2)3)35-51(36)54(43-26-22-38(23-27-43)37-14-7-6-8-15-37)44-28-24-39(25-29-44)40-17-13-18-41(33-40)48-34-42-16-9-10-19-45(42)46-20-11-12-21-47(46)48/h6-29,32-35H,30-31H2,1-5H3. The van der Waals surface area contributed by atoms with Crippen LogP contribution in [0.3, 0.4) is 0 Å². The molecule has 0 bridgehead atoms. The molecule has 0 heterocycles. The van der Waals surface area contributed by atoms with Gasteiger partial charge in [0.2, 0.25) is 0 Å². The molecular weight excluding hydrogens is 651 g/mol. The number of aryl methyl sites for hydroxylation is 1. The Hall–Kier alpha value is -5.92. The van der Waals surface area contributed by atoms with Crippen LogP contribution in [0.5, 0.6) is 0 Å². The number of fused-ring (bicyclic) bond motifs is 4. The van der Waals surface area contributed by atoms with Crippen LogP contribution < -0.4 is 4.90 Å². The second-order valence-corrected chi connectivity index (χ2v) is 16.5. The van der Waals surface area contributed by atoms with Gasteiger partial charge in [-0.15, -0.1) is 0 Å². The van der Waals surface area contributed by atoms with Gasteiger partial charge in [-0.1, -0.05) is 155 Å². The minimum absolute atomic E-state index is 0.112. The van der Waals surface area contributed by atoms with Crippen molar-refractivity contribution in [2.45, 2.75) is 58.3 Å². The monoisotopic (exact) mass is 697 g/mol. The first kappa shape index (κ1) is 33.9. The van der Waals surface area contributed by atoms with E-state index in [1.807, 2.05) is 0 Å². The average Bonchev–Trinajstić information content (AvgIpc) is 3.21. The third-order valence-electron chi connectivity index (χ3n) is 12.0. The summed E-state index contributed by atoms with van der Waals surface area (Å²) in [4.78, 5) is 2.46. The van der Waals surface area contributed by atoms with E-state index in [1.165, 1.54) is 90.1 Å². The molecule has 9 rings (SSSR count). The predicted molar refractivity (Wildman–Crippen MR) is 232 cm³/mol. The Bertz CT molecular complexity index is 2640. The molecule has 0 saturated carbocycles. The van der Waals surface area contributed by atoms with E-state index in [-0.39, 0.29) is 10.8 Å². The van der Waals surface area contributed by atoms with Gasteiger partial charge < -0.3 is 4.90 Å². The maximum atomic E-state index is 2.50. The molecule has 0 radical (unpaired) electrons. The molecule has 0 aliphatic heterocycles. The zero-order valence-corrected chi connectivity index (χ0v) is 32.0. The van der Waals surface area contributed by atoms with Gasteiger partial charge in [-0.3, -0.25) is 0 Å². The highest BCUT2D eigenvalue weighted by molar-refractivity contribution is 6.13. The van der Waals surface area contributed by atoms with Crippen molar-refractivity contribution in [3.8, 4) is 33.4 Å². The largest absolute Gasteiger partial charge is 0.310 e. The van der Waals surface area contributed by atoms with Crippen LogP contribution in [0.25, 0.3) is 54.9 Å². The molecule has 1 heteroatoms. The van der Waals surface area contributed by atoms with Crippen molar-refractivity contribution in [3.63, 3.8) is 0 Å². The van der Waals surface area contributed by atoms with Crippen LogP contribution in [0.2, 0.25) is 0 Å². The number of anilines is 3. The number of rotatable bonds is 6. The molecule has 0 amide bonds. The van der Waals surface area contributed by atoms with E-state index in [1.54, 1.807) is 0 Å². The highest BCUT2D eigenvalue weighted by atomic mass is 15.1. The summed E-state index contributed by atoms with van der Waals surface area (Å²) >= 11 is 0. The number of hydrogen-bond donors (Lipinski definition) is 0. The van der Waals surface area contributed by atoms with Gasteiger partial charge in [-0.05, 0) is 145 Å². The summed E-state index contributed by atoms with van der Waals surface area (Å²) in [6.45, 7) is 12.0. The SMILES string of the molecule is Cc1cc2c(cc1N(c1ccc(-c3ccccc3)cc1)c1ccc(-c3cccc(-c4cc5ccccc5c5ccccc45)c3)cc1)C(C)(C)CCC2(C)C. The van der Waals surface area contributed by atoms with Crippen LogP contribution in [0, 0.1) is 6.92 Å². The van der Waals surface area contributed by atoms with Crippen molar-refractivity contribution in [2.24, 2.45) is 0 Å². The molecule has 264 valence electrons. The Labute approximate surface area is 320 Å². The van der Waals surface area contributed by atoms with Crippen LogP contribution >= 0.6 is 0 Å². The maximum Gasteiger partial charge on any atom is 0.0493 e. The molecule has 0 saturated heterocycles. The summed E-state index contributed by atoms with van der Waals surface area (Å²) in [5.74, 6) is 0. The lowest BCUT2D eigenvalue weighted by atomic mass is 9.63. The summed E-state index contributed by atoms with van der Waals surface area (Å²) in [5, 5.41) is 5.14. The van der Waals surface area contributed by atoms with Gasteiger partial charge >= 0.3 is 0 Å². The Morgan fingerprint density at radius 3 is 1.57 bits per heavy atom. The molecule has 8 aromatic carbocycles. The lowest BCUT2D eigenvalue weighted by Crippen LogP contribution is -2.34. The second-order valence-electron chi connectivity index (χ2n) is 16.5. The van der Waals surface area contributed by atoms with E-state index >= 15 is 0 Å². The predicted octanol–water partition coefficient (Wildman–Crippen LogP) is 15.1. The molecule has 0 aromatic heterocycles. The van der Waals surface area contributed by atoms with E-state index in [4.69, 9.17) is 0 Å². The van der Waals surface area contributed by atoms with Crippen molar-refractivity contribution < 1.29 is 0 Å². The zero-order chi connectivity index (χ0) is 37.0. The van der Waals surface area contributed by atoms with Gasteiger partial charge in [-0.25, -0.2) is 0 Å². The molecule has 0 atom stereocenters. The number of benzene rings is 8. The summed E-state index contributed by atoms with van der Waals surface area (Å²) < 4.78 is 0. The molecule has 0 fully saturated rings. The van der Waals surface area contributed by atoms with Crippen molar-refractivity contribution in [3.05, 3.63) is 187 Å². The van der Waals surface area contributed by atoms with E-state index in [2.05, 4.69) is 209 Å². The average molecular weight is 698 g/mol. The summed E-state index contributed by atoms with van der Waals surface area (Å²) in [7, 11) is 0. The highest BCUT2D eigenvalue weighted by Gasteiger charge is 2.38. The van der Waals surface area contributed by atoms with Gasteiger partial charge in [0.1, 0.15) is 0 Å². The van der Waals surface area contributed by atoms with Gasteiger partial charge in [0, 0.05) is 17.1 Å². The molecule has 1 aliphatic carbocycles. The summed E-state index contributed by atoms with van der Waals surface area (Å²) in [6, 6.07) is 62.8. The van der Waals surface area contributed by atoms with Crippen LogP contribution in [0.4, 0.5) is 17.1 Å².